The van der Waals surface area contributed by atoms with Crippen LogP contribution in [0, 0.1) is 0 Å². The van der Waals surface area contributed by atoms with Gasteiger partial charge in [0.1, 0.15) is 6.33 Å². The molecule has 1 aliphatic heterocycles. The molecule has 114 valence electrons. The van der Waals surface area contributed by atoms with Crippen LogP contribution in [0.3, 0.4) is 0 Å². The Morgan fingerprint density at radius 3 is 2.86 bits per heavy atom. The number of anilines is 1. The van der Waals surface area contributed by atoms with Gasteiger partial charge < -0.3 is 19.7 Å². The van der Waals surface area contributed by atoms with Gasteiger partial charge in [0.05, 0.1) is 38.7 Å². The second-order valence-electron chi connectivity index (χ2n) is 4.82. The number of nitrogens with zero attached hydrogens (tertiary/aromatic N) is 3. The van der Waals surface area contributed by atoms with Crippen LogP contribution in [0.5, 0.6) is 11.5 Å². The van der Waals surface area contributed by atoms with Crippen molar-refractivity contribution in [3.05, 3.63) is 42.0 Å². The summed E-state index contributed by atoms with van der Waals surface area (Å²) in [5.41, 5.74) is 2.41. The number of aromatic nitrogens is 2. The molecule has 2 aromatic rings. The summed E-state index contributed by atoms with van der Waals surface area (Å²) in [5.74, 6) is 1.06. The van der Waals surface area contributed by atoms with Crippen molar-refractivity contribution >= 4 is 11.7 Å². The van der Waals surface area contributed by atoms with Crippen molar-refractivity contribution in [2.75, 3.05) is 19.5 Å². The van der Waals surface area contributed by atoms with Crippen LogP contribution in [-0.4, -0.2) is 35.1 Å². The maximum absolute atomic E-state index is 12.4. The SMILES string of the molecule is COc1cccc(NC(=O)N2Cc3cncnc3C2)c1OC. The number of urea groups is 1. The first kappa shape index (κ1) is 14.1. The van der Waals surface area contributed by atoms with E-state index in [1.807, 2.05) is 0 Å². The van der Waals surface area contributed by atoms with Crippen LogP contribution in [-0.2, 0) is 13.1 Å². The highest BCUT2D eigenvalue weighted by molar-refractivity contribution is 5.91. The predicted molar refractivity (Wildman–Crippen MR) is 79.8 cm³/mol. The van der Waals surface area contributed by atoms with Crippen molar-refractivity contribution in [3.63, 3.8) is 0 Å². The predicted octanol–water partition coefficient (Wildman–Crippen LogP) is 2.04. The number of hydrogen-bond acceptors (Lipinski definition) is 5. The summed E-state index contributed by atoms with van der Waals surface area (Å²) in [4.78, 5) is 22.2. The van der Waals surface area contributed by atoms with E-state index >= 15 is 0 Å². The van der Waals surface area contributed by atoms with E-state index in [2.05, 4.69) is 15.3 Å². The summed E-state index contributed by atoms with van der Waals surface area (Å²) >= 11 is 0. The largest absolute Gasteiger partial charge is 0.493 e. The zero-order valence-corrected chi connectivity index (χ0v) is 12.4. The fourth-order valence-electron chi connectivity index (χ4n) is 2.42. The molecule has 0 bridgehead atoms. The normalized spacial score (nSPS) is 12.7. The van der Waals surface area contributed by atoms with Crippen molar-refractivity contribution in [2.45, 2.75) is 13.1 Å². The number of para-hydroxylation sites is 1. The molecule has 7 nitrogen and oxygen atoms in total. The number of fused-ring (bicyclic) bond motifs is 1. The van der Waals surface area contributed by atoms with Gasteiger partial charge in [-0.1, -0.05) is 6.07 Å². The average Bonchev–Trinajstić information content (AvgIpc) is 2.98. The standard InChI is InChI=1S/C15H16N4O3/c1-21-13-5-3-4-11(14(13)22-2)18-15(20)19-7-10-6-16-9-17-12(10)8-19/h3-6,9H,7-8H2,1-2H3,(H,18,20). The highest BCUT2D eigenvalue weighted by atomic mass is 16.5. The fraction of sp³-hybridized carbons (Fsp3) is 0.267. The van der Waals surface area contributed by atoms with Crippen molar-refractivity contribution in [1.82, 2.24) is 14.9 Å². The van der Waals surface area contributed by atoms with Crippen LogP contribution in [0.1, 0.15) is 11.3 Å². The van der Waals surface area contributed by atoms with Crippen molar-refractivity contribution in [3.8, 4) is 11.5 Å². The minimum Gasteiger partial charge on any atom is -0.493 e. The molecule has 0 unspecified atom stereocenters. The van der Waals surface area contributed by atoms with E-state index < -0.39 is 0 Å². The van der Waals surface area contributed by atoms with Gasteiger partial charge in [-0.05, 0) is 12.1 Å². The summed E-state index contributed by atoms with van der Waals surface area (Å²) in [6, 6.07) is 5.11. The molecular weight excluding hydrogens is 284 g/mol. The molecule has 0 aliphatic carbocycles. The first-order valence-electron chi connectivity index (χ1n) is 6.77. The lowest BCUT2D eigenvalue weighted by atomic mass is 10.2. The first-order chi connectivity index (χ1) is 10.7. The molecule has 0 saturated carbocycles. The molecule has 1 aliphatic rings. The number of hydrogen-bond donors (Lipinski definition) is 1. The summed E-state index contributed by atoms with van der Waals surface area (Å²) in [7, 11) is 3.09. The number of benzene rings is 1. The summed E-state index contributed by atoms with van der Waals surface area (Å²) in [6.45, 7) is 0.963. The lowest BCUT2D eigenvalue weighted by molar-refractivity contribution is 0.212. The van der Waals surface area contributed by atoms with Crippen molar-refractivity contribution in [2.24, 2.45) is 0 Å². The third kappa shape index (κ3) is 2.52. The van der Waals surface area contributed by atoms with E-state index in [9.17, 15) is 4.79 Å². The molecule has 0 radical (unpaired) electrons. The number of carbonyl (C=O) groups is 1. The smallest absolute Gasteiger partial charge is 0.322 e. The van der Waals surface area contributed by atoms with Gasteiger partial charge in [0.15, 0.2) is 11.5 Å². The zero-order chi connectivity index (χ0) is 15.5. The molecule has 1 aromatic heterocycles. The molecule has 7 heteroatoms. The molecule has 3 rings (SSSR count). The van der Waals surface area contributed by atoms with E-state index in [1.165, 1.54) is 13.4 Å². The van der Waals surface area contributed by atoms with Gasteiger partial charge in [-0.15, -0.1) is 0 Å². The lowest BCUT2D eigenvalue weighted by Crippen LogP contribution is -2.30. The van der Waals surface area contributed by atoms with Crippen LogP contribution in [0.15, 0.2) is 30.7 Å². The van der Waals surface area contributed by atoms with Crippen LogP contribution < -0.4 is 14.8 Å². The zero-order valence-electron chi connectivity index (χ0n) is 12.4. The van der Waals surface area contributed by atoms with Crippen LogP contribution in [0.25, 0.3) is 0 Å². The maximum Gasteiger partial charge on any atom is 0.322 e. The van der Waals surface area contributed by atoms with Gasteiger partial charge in [0.25, 0.3) is 0 Å². The van der Waals surface area contributed by atoms with E-state index in [1.54, 1.807) is 36.4 Å². The molecule has 22 heavy (non-hydrogen) atoms. The number of ether oxygens (including phenoxy) is 2. The molecule has 0 atom stereocenters. The molecule has 2 heterocycles. The van der Waals surface area contributed by atoms with Crippen molar-refractivity contribution in [1.29, 1.82) is 0 Å². The molecule has 2 amide bonds. The van der Waals surface area contributed by atoms with Gasteiger partial charge >= 0.3 is 6.03 Å². The monoisotopic (exact) mass is 300 g/mol. The highest BCUT2D eigenvalue weighted by Gasteiger charge is 2.25. The maximum atomic E-state index is 12.4. The molecule has 1 aromatic carbocycles. The van der Waals surface area contributed by atoms with E-state index in [-0.39, 0.29) is 6.03 Å². The van der Waals surface area contributed by atoms with E-state index in [0.29, 0.717) is 30.3 Å². The van der Waals surface area contributed by atoms with Gasteiger partial charge in [-0.2, -0.15) is 0 Å². The van der Waals surface area contributed by atoms with Crippen molar-refractivity contribution < 1.29 is 14.3 Å². The number of rotatable bonds is 3. The van der Waals surface area contributed by atoms with Crippen LogP contribution in [0.2, 0.25) is 0 Å². The van der Waals surface area contributed by atoms with Gasteiger partial charge in [-0.25, -0.2) is 14.8 Å². The van der Waals surface area contributed by atoms with Gasteiger partial charge in [0, 0.05) is 11.8 Å². The second kappa shape index (κ2) is 5.88. The second-order valence-corrected chi connectivity index (χ2v) is 4.82. The number of methoxy groups -OCH3 is 2. The number of nitrogens with one attached hydrogen (secondary N) is 1. The van der Waals surface area contributed by atoms with E-state index in [0.717, 1.165) is 11.3 Å². The minimum atomic E-state index is -0.218. The topological polar surface area (TPSA) is 76.6 Å². The summed E-state index contributed by atoms with van der Waals surface area (Å²) < 4.78 is 10.5. The average molecular weight is 300 g/mol. The molecular formula is C15H16N4O3. The lowest BCUT2D eigenvalue weighted by Gasteiger charge is -2.18. The third-order valence-corrected chi connectivity index (χ3v) is 3.51. The Morgan fingerprint density at radius 2 is 2.14 bits per heavy atom. The van der Waals surface area contributed by atoms with Crippen LogP contribution in [0.4, 0.5) is 10.5 Å². The Labute approximate surface area is 127 Å². The number of carbonyl (C=O) groups excluding carboxylic acids is 1. The summed E-state index contributed by atoms with van der Waals surface area (Å²) in [6.07, 6.45) is 3.23. The molecule has 0 saturated heterocycles. The molecule has 0 spiro atoms. The first-order valence-corrected chi connectivity index (χ1v) is 6.77. The van der Waals surface area contributed by atoms with Crippen LogP contribution >= 0.6 is 0 Å². The van der Waals surface area contributed by atoms with Gasteiger partial charge in [-0.3, -0.25) is 0 Å². The Morgan fingerprint density at radius 1 is 1.27 bits per heavy atom. The van der Waals surface area contributed by atoms with E-state index in [4.69, 9.17) is 9.47 Å². The number of amides is 2. The quantitative estimate of drug-likeness (QED) is 0.938. The summed E-state index contributed by atoms with van der Waals surface area (Å²) in [5, 5.41) is 2.85. The molecule has 1 N–H and O–H groups in total. The third-order valence-electron chi connectivity index (χ3n) is 3.51. The Hall–Kier alpha value is -2.83. The highest BCUT2D eigenvalue weighted by Crippen LogP contribution is 2.35. The Kier molecular flexibility index (Phi) is 3.78. The fourth-order valence-corrected chi connectivity index (χ4v) is 2.42. The Balaban J connectivity index is 1.76. The minimum absolute atomic E-state index is 0.218. The van der Waals surface area contributed by atoms with Gasteiger partial charge in [0.2, 0.25) is 0 Å². The Bertz CT molecular complexity index is 680. The molecule has 0 fully saturated rings.